The molecule has 0 saturated carbocycles. The molecule has 0 fully saturated rings. The fourth-order valence-electron chi connectivity index (χ4n) is 14.7. The summed E-state index contributed by atoms with van der Waals surface area (Å²) in [4.78, 5) is 33.5. The summed E-state index contributed by atoms with van der Waals surface area (Å²) in [7, 11) is 0. The predicted octanol–water partition coefficient (Wildman–Crippen LogP) is 28.3. The third-order valence-electron chi connectivity index (χ3n) is 20.2. The van der Waals surface area contributed by atoms with E-state index in [0.717, 1.165) is 25.7 Å². The van der Waals surface area contributed by atoms with Crippen LogP contribution in [0.5, 0.6) is 0 Å². The third kappa shape index (κ3) is 31.2. The predicted molar refractivity (Wildman–Crippen MR) is 388 cm³/mol. The number of rotatable bonds is 60. The molecule has 0 atom stereocenters. The van der Waals surface area contributed by atoms with Crippen LogP contribution in [0.1, 0.15) is 398 Å². The van der Waals surface area contributed by atoms with Crippen LogP contribution in [0.4, 0.5) is 20.2 Å². The Morgan fingerprint density at radius 3 is 0.705 bits per heavy atom. The maximum atomic E-state index is 16.7. The molecule has 0 radical (unpaired) electrons. The van der Waals surface area contributed by atoms with Crippen LogP contribution in [0, 0.1) is 23.5 Å². The fourth-order valence-corrected chi connectivity index (χ4v) is 15.3. The van der Waals surface area contributed by atoms with Crippen molar-refractivity contribution in [1.82, 2.24) is 0 Å². The molecule has 88 heavy (non-hydrogen) atoms. The van der Waals surface area contributed by atoms with E-state index in [2.05, 4.69) is 59.6 Å². The van der Waals surface area contributed by atoms with E-state index in [-0.39, 0.29) is 34.3 Å². The minimum absolute atomic E-state index is 0.207. The van der Waals surface area contributed by atoms with Gasteiger partial charge >= 0.3 is 0 Å². The molecule has 504 valence electrons. The smallest absolute Gasteiger partial charge is 0.259 e. The molecule has 0 N–H and O–H groups in total. The van der Waals surface area contributed by atoms with Crippen molar-refractivity contribution in [3.8, 4) is 0 Å². The Morgan fingerprint density at radius 1 is 0.295 bits per heavy atom. The number of benzene rings is 2. The molecule has 4 rings (SSSR count). The van der Waals surface area contributed by atoms with Crippen molar-refractivity contribution in [2.75, 3.05) is 22.9 Å². The molecule has 4 nitrogen and oxygen atoms in total. The van der Waals surface area contributed by atoms with Crippen LogP contribution in [0.15, 0.2) is 33.2 Å². The molecule has 0 bridgehead atoms. The molecule has 2 heterocycles. The van der Waals surface area contributed by atoms with Gasteiger partial charge in [-0.3, -0.25) is 9.59 Å². The average molecular weight is 1350 g/mol. The van der Waals surface area contributed by atoms with Gasteiger partial charge in [-0.15, -0.1) is 0 Å². The molecular weight excluding hydrogens is 1220 g/mol. The Hall–Kier alpha value is -2.06. The second-order valence-electron chi connectivity index (χ2n) is 27.9. The first kappa shape index (κ1) is 78.4. The van der Waals surface area contributed by atoms with Crippen LogP contribution in [-0.2, 0) is 9.59 Å². The van der Waals surface area contributed by atoms with E-state index in [0.29, 0.717) is 45.0 Å². The van der Waals surface area contributed by atoms with Gasteiger partial charge in [-0.25, -0.2) is 8.78 Å². The largest absolute Gasteiger partial charge is 0.305 e. The molecule has 2 aromatic carbocycles. The minimum atomic E-state index is -0.483. The molecular formula is C80H134Br2F2N2O2. The number of halogens is 4. The van der Waals surface area contributed by atoms with Crippen molar-refractivity contribution in [2.45, 2.75) is 387 Å². The SMILES string of the molecule is CCCCCCCCCCCCCCC(CCCCCCCCCCCCCC)CCCN1C(=O)/C(=C2\C(=O)N(CCCC(CCCCCCCCCCCCCC)CCCCCCCCCCCCCC)c3c2ccc(Br)c3F)c2ccc(Br)c(F)c21. The zero-order valence-corrected chi connectivity index (χ0v) is 60.9. The lowest BCUT2D eigenvalue weighted by Crippen LogP contribution is -2.31. The lowest BCUT2D eigenvalue weighted by molar-refractivity contribution is -0.114. The molecule has 2 aromatic rings. The minimum Gasteiger partial charge on any atom is -0.305 e. The van der Waals surface area contributed by atoms with Gasteiger partial charge < -0.3 is 9.80 Å². The Labute approximate surface area is 559 Å². The first-order chi connectivity index (χ1) is 43.2. The normalized spacial score (nSPS) is 14.1. The highest BCUT2D eigenvalue weighted by molar-refractivity contribution is 9.10. The lowest BCUT2D eigenvalue weighted by atomic mass is 9.90. The Bertz CT molecular complexity index is 1940. The van der Waals surface area contributed by atoms with Crippen LogP contribution >= 0.6 is 31.9 Å². The van der Waals surface area contributed by atoms with E-state index in [1.165, 1.54) is 334 Å². The molecule has 0 aliphatic carbocycles. The van der Waals surface area contributed by atoms with E-state index >= 15 is 18.4 Å². The standard InChI is InChI=1S/C80H134Br2F2N2O2/c1-5-9-13-17-21-25-29-33-37-41-45-49-55-67(56-50-46-42-38-34-30-26-22-18-14-10-6-2)59-53-65-85-77-69(61-63-71(81)75(77)83)73(79(85)87)74-70-62-64-72(82)76(84)78(70)86(80(74)88)66-54-60-68(57-51-47-43-39-35-31-27-23-19-15-11-7-3)58-52-48-44-40-36-32-28-24-20-16-12-8-4/h61-64,67-68H,5-60,65-66H2,1-4H3/b74-73-. The van der Waals surface area contributed by atoms with Gasteiger partial charge in [-0.1, -0.05) is 374 Å². The Morgan fingerprint density at radius 2 is 0.489 bits per heavy atom. The fraction of sp³-hybridized carbons (Fsp3) is 0.800. The van der Waals surface area contributed by atoms with Crippen molar-refractivity contribution >= 4 is 66.2 Å². The number of nitrogens with zero attached hydrogens (tertiary/aromatic N) is 2. The second kappa shape index (κ2) is 51.4. The molecule has 0 aromatic heterocycles. The van der Waals surface area contributed by atoms with E-state index in [1.54, 1.807) is 34.1 Å². The number of hydrogen-bond acceptors (Lipinski definition) is 2. The zero-order chi connectivity index (χ0) is 63.1. The van der Waals surface area contributed by atoms with Gasteiger partial charge in [0, 0.05) is 24.2 Å². The van der Waals surface area contributed by atoms with Crippen molar-refractivity contribution in [3.05, 3.63) is 56.0 Å². The number of amides is 2. The van der Waals surface area contributed by atoms with E-state index in [9.17, 15) is 0 Å². The first-order valence-electron chi connectivity index (χ1n) is 38.5. The summed E-state index contributed by atoms with van der Waals surface area (Å²) in [6.07, 6.45) is 72.9. The number of unbranched alkanes of at least 4 members (excludes halogenated alkanes) is 44. The summed E-state index contributed by atoms with van der Waals surface area (Å²) in [5, 5.41) is 0. The topological polar surface area (TPSA) is 40.6 Å². The average Bonchev–Trinajstić information content (AvgIpc) is 2.25. The van der Waals surface area contributed by atoms with Gasteiger partial charge in [0.25, 0.3) is 11.8 Å². The van der Waals surface area contributed by atoms with Crippen LogP contribution < -0.4 is 9.80 Å². The maximum absolute atomic E-state index is 16.7. The number of hydrogen-bond donors (Lipinski definition) is 0. The van der Waals surface area contributed by atoms with E-state index in [4.69, 9.17) is 0 Å². The van der Waals surface area contributed by atoms with Crippen LogP contribution in [-0.4, -0.2) is 24.9 Å². The van der Waals surface area contributed by atoms with Crippen molar-refractivity contribution < 1.29 is 18.4 Å². The van der Waals surface area contributed by atoms with Crippen molar-refractivity contribution in [1.29, 1.82) is 0 Å². The molecule has 2 aliphatic heterocycles. The van der Waals surface area contributed by atoms with Crippen LogP contribution in [0.2, 0.25) is 0 Å². The quantitative estimate of drug-likeness (QED) is 0.0489. The second-order valence-corrected chi connectivity index (χ2v) is 29.6. The maximum Gasteiger partial charge on any atom is 0.259 e. The highest BCUT2D eigenvalue weighted by atomic mass is 79.9. The molecule has 8 heteroatoms. The summed E-state index contributed by atoms with van der Waals surface area (Å²) in [6.45, 7) is 9.91. The van der Waals surface area contributed by atoms with Crippen molar-refractivity contribution in [3.63, 3.8) is 0 Å². The lowest BCUT2D eigenvalue weighted by Gasteiger charge is -2.21. The van der Waals surface area contributed by atoms with Gasteiger partial charge in [0.15, 0.2) is 11.6 Å². The zero-order valence-electron chi connectivity index (χ0n) is 57.7. The number of carbonyl (C=O) groups is 2. The first-order valence-corrected chi connectivity index (χ1v) is 40.1. The van der Waals surface area contributed by atoms with Gasteiger partial charge in [0.05, 0.1) is 31.5 Å². The molecule has 2 aliphatic rings. The third-order valence-corrected chi connectivity index (χ3v) is 21.5. The molecule has 0 unspecified atom stereocenters. The highest BCUT2D eigenvalue weighted by Gasteiger charge is 2.44. The Balaban J connectivity index is 1.41. The van der Waals surface area contributed by atoms with Gasteiger partial charge in [0.1, 0.15) is 0 Å². The summed E-state index contributed by atoms with van der Waals surface area (Å²) < 4.78 is 33.9. The van der Waals surface area contributed by atoms with Crippen LogP contribution in [0.3, 0.4) is 0 Å². The van der Waals surface area contributed by atoms with Gasteiger partial charge in [-0.05, 0) is 81.5 Å². The Kier molecular flexibility index (Phi) is 45.8. The molecule has 0 spiro atoms. The molecule has 0 saturated heterocycles. The van der Waals surface area contributed by atoms with E-state index in [1.807, 2.05) is 0 Å². The summed E-state index contributed by atoms with van der Waals surface area (Å²) >= 11 is 6.92. The summed E-state index contributed by atoms with van der Waals surface area (Å²) in [5.74, 6) is -0.531. The summed E-state index contributed by atoms with van der Waals surface area (Å²) in [6, 6.07) is 6.87. The number of anilines is 2. The number of carbonyl (C=O) groups excluding carboxylic acids is 2. The monoisotopic (exact) mass is 1350 g/mol. The van der Waals surface area contributed by atoms with E-state index < -0.39 is 11.6 Å². The number of fused-ring (bicyclic) bond motifs is 2. The van der Waals surface area contributed by atoms with Gasteiger partial charge in [0.2, 0.25) is 0 Å². The van der Waals surface area contributed by atoms with Crippen molar-refractivity contribution in [2.24, 2.45) is 11.8 Å². The summed E-state index contributed by atoms with van der Waals surface area (Å²) in [5.41, 5.74) is 1.75. The highest BCUT2D eigenvalue weighted by Crippen LogP contribution is 2.50. The molecule has 2 amide bonds. The van der Waals surface area contributed by atoms with Crippen LogP contribution in [0.25, 0.3) is 11.1 Å². The van der Waals surface area contributed by atoms with Gasteiger partial charge in [-0.2, -0.15) is 0 Å².